The molecule has 0 spiro atoms. The number of carbonyl (C=O) groups is 1. The number of rotatable bonds is 6. The predicted molar refractivity (Wildman–Crippen MR) is 95.0 cm³/mol. The maximum Gasteiger partial charge on any atom is 0.418 e. The summed E-state index contributed by atoms with van der Waals surface area (Å²) in [5.74, 6) is -0.452. The Hall–Kier alpha value is -3.47. The van der Waals surface area contributed by atoms with Crippen molar-refractivity contribution in [1.29, 1.82) is 5.26 Å². The maximum atomic E-state index is 13.0. The summed E-state index contributed by atoms with van der Waals surface area (Å²) < 4.78 is 44.4. The molecule has 0 radical (unpaired) electrons. The molecule has 0 saturated heterocycles. The van der Waals surface area contributed by atoms with Gasteiger partial charge in [-0.25, -0.2) is 0 Å². The third-order valence-corrected chi connectivity index (χ3v) is 3.40. The zero-order valence-corrected chi connectivity index (χ0v) is 14.3. The van der Waals surface area contributed by atoms with Crippen LogP contribution in [-0.4, -0.2) is 12.5 Å². The summed E-state index contributed by atoms with van der Waals surface area (Å²) in [6, 6.07) is 13.1. The number of anilines is 2. The molecule has 0 unspecified atom stereocenters. The molecule has 0 aromatic heterocycles. The first-order valence-electron chi connectivity index (χ1n) is 7.93. The number of para-hydroxylation sites is 3. The van der Waals surface area contributed by atoms with E-state index >= 15 is 0 Å². The zero-order valence-electron chi connectivity index (χ0n) is 14.3. The van der Waals surface area contributed by atoms with Gasteiger partial charge in [0.15, 0.2) is 0 Å². The highest BCUT2D eigenvalue weighted by Gasteiger charge is 2.33. The highest BCUT2D eigenvalue weighted by molar-refractivity contribution is 6.07. The molecular formula is C19H16F3N3O2. The Labute approximate surface area is 154 Å². The number of halogens is 3. The van der Waals surface area contributed by atoms with Gasteiger partial charge in [-0.1, -0.05) is 24.3 Å². The number of amides is 1. The summed E-state index contributed by atoms with van der Waals surface area (Å²) in [6.07, 6.45) is -3.52. The molecule has 2 rings (SSSR count). The standard InChI is InChI=1S/C19H16F3N3O2/c1-2-27-17-10-6-5-9-16(17)24-12-13(11-23)18(26)25-15-8-4-3-7-14(15)19(20,21)22/h3-10,12,24H,2H2,1H3,(H,25,26)/b13-12-. The van der Waals surface area contributed by atoms with Gasteiger partial charge in [-0.15, -0.1) is 0 Å². The molecular weight excluding hydrogens is 359 g/mol. The van der Waals surface area contributed by atoms with Crippen molar-refractivity contribution in [2.75, 3.05) is 17.2 Å². The summed E-state index contributed by atoms with van der Waals surface area (Å²) in [7, 11) is 0. The Morgan fingerprint density at radius 1 is 1.15 bits per heavy atom. The molecule has 5 nitrogen and oxygen atoms in total. The molecule has 1 amide bonds. The van der Waals surface area contributed by atoms with Crippen molar-refractivity contribution < 1.29 is 22.7 Å². The van der Waals surface area contributed by atoms with Crippen LogP contribution in [0.3, 0.4) is 0 Å². The maximum absolute atomic E-state index is 13.0. The largest absolute Gasteiger partial charge is 0.492 e. The number of nitrogens with zero attached hydrogens (tertiary/aromatic N) is 1. The van der Waals surface area contributed by atoms with Crippen LogP contribution in [-0.2, 0) is 11.0 Å². The molecule has 0 aliphatic heterocycles. The van der Waals surface area contributed by atoms with Crippen LogP contribution in [0.25, 0.3) is 0 Å². The Morgan fingerprint density at radius 3 is 2.41 bits per heavy atom. The van der Waals surface area contributed by atoms with Gasteiger partial charge in [0.2, 0.25) is 0 Å². The third kappa shape index (κ3) is 5.25. The van der Waals surface area contributed by atoms with E-state index in [9.17, 15) is 23.2 Å². The lowest BCUT2D eigenvalue weighted by molar-refractivity contribution is -0.137. The van der Waals surface area contributed by atoms with Crippen LogP contribution >= 0.6 is 0 Å². The van der Waals surface area contributed by atoms with E-state index in [0.717, 1.165) is 18.3 Å². The number of ether oxygens (including phenoxy) is 1. The minimum Gasteiger partial charge on any atom is -0.492 e. The number of hydrogen-bond donors (Lipinski definition) is 2. The smallest absolute Gasteiger partial charge is 0.418 e. The second-order valence-electron chi connectivity index (χ2n) is 5.24. The van der Waals surface area contributed by atoms with Gasteiger partial charge < -0.3 is 15.4 Å². The number of nitrogens with one attached hydrogen (secondary N) is 2. The summed E-state index contributed by atoms with van der Waals surface area (Å²) in [4.78, 5) is 12.2. The average Bonchev–Trinajstić information content (AvgIpc) is 2.63. The molecule has 2 aromatic rings. The van der Waals surface area contributed by atoms with Crippen LogP contribution in [0.2, 0.25) is 0 Å². The molecule has 0 heterocycles. The quantitative estimate of drug-likeness (QED) is 0.573. The van der Waals surface area contributed by atoms with Crippen LogP contribution in [0, 0.1) is 11.3 Å². The van der Waals surface area contributed by atoms with E-state index in [2.05, 4.69) is 10.6 Å². The van der Waals surface area contributed by atoms with Crippen molar-refractivity contribution in [2.45, 2.75) is 13.1 Å². The monoisotopic (exact) mass is 375 g/mol. The normalized spacial score (nSPS) is 11.4. The second-order valence-corrected chi connectivity index (χ2v) is 5.24. The molecule has 0 fully saturated rings. The van der Waals surface area contributed by atoms with Crippen molar-refractivity contribution in [1.82, 2.24) is 0 Å². The van der Waals surface area contributed by atoms with E-state index in [1.807, 2.05) is 0 Å². The molecule has 27 heavy (non-hydrogen) atoms. The van der Waals surface area contributed by atoms with Crippen molar-refractivity contribution in [3.63, 3.8) is 0 Å². The van der Waals surface area contributed by atoms with Crippen LogP contribution in [0.5, 0.6) is 5.75 Å². The van der Waals surface area contributed by atoms with Gasteiger partial charge in [0.1, 0.15) is 17.4 Å². The molecule has 0 aliphatic rings. The molecule has 140 valence electrons. The van der Waals surface area contributed by atoms with Crippen molar-refractivity contribution in [3.05, 3.63) is 65.9 Å². The van der Waals surface area contributed by atoms with Crippen molar-refractivity contribution in [2.24, 2.45) is 0 Å². The van der Waals surface area contributed by atoms with E-state index in [1.54, 1.807) is 37.3 Å². The first-order chi connectivity index (χ1) is 12.9. The summed E-state index contributed by atoms with van der Waals surface area (Å²) >= 11 is 0. The van der Waals surface area contributed by atoms with E-state index < -0.39 is 28.9 Å². The second kappa shape index (κ2) is 8.76. The Morgan fingerprint density at radius 2 is 1.78 bits per heavy atom. The number of hydrogen-bond acceptors (Lipinski definition) is 4. The van der Waals surface area contributed by atoms with Gasteiger partial charge in [0.05, 0.1) is 23.5 Å². The van der Waals surface area contributed by atoms with E-state index in [1.165, 1.54) is 12.1 Å². The van der Waals surface area contributed by atoms with Gasteiger partial charge in [-0.05, 0) is 31.2 Å². The fraction of sp³-hybridized carbons (Fsp3) is 0.158. The predicted octanol–water partition coefficient (Wildman–Crippen LogP) is 4.56. The minimum atomic E-state index is -4.63. The van der Waals surface area contributed by atoms with Gasteiger partial charge in [-0.3, -0.25) is 4.79 Å². The fourth-order valence-corrected chi connectivity index (χ4v) is 2.19. The Balaban J connectivity index is 2.21. The molecule has 8 heteroatoms. The SMILES string of the molecule is CCOc1ccccc1N/C=C(/C#N)C(=O)Nc1ccccc1C(F)(F)F. The lowest BCUT2D eigenvalue weighted by Gasteiger charge is -2.13. The van der Waals surface area contributed by atoms with Gasteiger partial charge in [0, 0.05) is 6.20 Å². The molecule has 0 aliphatic carbocycles. The highest BCUT2D eigenvalue weighted by atomic mass is 19.4. The number of alkyl halides is 3. The van der Waals surface area contributed by atoms with Gasteiger partial charge >= 0.3 is 6.18 Å². The minimum absolute atomic E-state index is 0.390. The van der Waals surface area contributed by atoms with Crippen LogP contribution < -0.4 is 15.4 Å². The lowest BCUT2D eigenvalue weighted by atomic mass is 10.1. The molecule has 2 N–H and O–H groups in total. The summed E-state index contributed by atoms with van der Waals surface area (Å²) in [6.45, 7) is 2.22. The van der Waals surface area contributed by atoms with Crippen LogP contribution in [0.1, 0.15) is 12.5 Å². The number of benzene rings is 2. The lowest BCUT2D eigenvalue weighted by Crippen LogP contribution is -2.18. The zero-order chi connectivity index (χ0) is 19.9. The van der Waals surface area contributed by atoms with Crippen LogP contribution in [0.15, 0.2) is 60.3 Å². The third-order valence-electron chi connectivity index (χ3n) is 3.40. The molecule has 0 atom stereocenters. The van der Waals surface area contributed by atoms with Crippen molar-refractivity contribution >= 4 is 17.3 Å². The van der Waals surface area contributed by atoms with Gasteiger partial charge in [-0.2, -0.15) is 18.4 Å². The van der Waals surface area contributed by atoms with E-state index in [0.29, 0.717) is 18.0 Å². The Kier molecular flexibility index (Phi) is 6.44. The number of carbonyl (C=O) groups excluding carboxylic acids is 1. The van der Waals surface area contributed by atoms with E-state index in [-0.39, 0.29) is 0 Å². The first-order valence-corrected chi connectivity index (χ1v) is 7.93. The Bertz CT molecular complexity index is 886. The van der Waals surface area contributed by atoms with Crippen molar-refractivity contribution in [3.8, 4) is 11.8 Å². The molecule has 0 saturated carbocycles. The fourth-order valence-electron chi connectivity index (χ4n) is 2.19. The average molecular weight is 375 g/mol. The molecule has 2 aromatic carbocycles. The molecule has 0 bridgehead atoms. The van der Waals surface area contributed by atoms with Crippen LogP contribution in [0.4, 0.5) is 24.5 Å². The topological polar surface area (TPSA) is 74.1 Å². The first kappa shape index (κ1) is 19.8. The summed E-state index contributed by atoms with van der Waals surface area (Å²) in [5.41, 5.74) is -1.30. The highest BCUT2D eigenvalue weighted by Crippen LogP contribution is 2.34. The van der Waals surface area contributed by atoms with Gasteiger partial charge in [0.25, 0.3) is 5.91 Å². The summed E-state index contributed by atoms with van der Waals surface area (Å²) in [5, 5.41) is 14.1. The number of nitriles is 1. The van der Waals surface area contributed by atoms with E-state index in [4.69, 9.17) is 4.74 Å².